The Morgan fingerprint density at radius 1 is 0.392 bits per heavy atom. The molecule has 7 aromatic carbocycles. The van der Waals surface area contributed by atoms with Crippen molar-refractivity contribution in [3.63, 3.8) is 0 Å². The molecule has 0 aliphatic heterocycles. The minimum absolute atomic E-state index is 0.986. The molecule has 0 N–H and O–H groups in total. The van der Waals surface area contributed by atoms with E-state index < -0.39 is 0 Å². The number of rotatable bonds is 4. The Bertz CT molecular complexity index is 3020. The number of fused-ring (bicyclic) bond motifs is 9. The second-order valence-corrected chi connectivity index (χ2v) is 14.7. The van der Waals surface area contributed by atoms with Gasteiger partial charge in [-0.1, -0.05) is 109 Å². The van der Waals surface area contributed by atoms with Crippen LogP contribution in [0.4, 0.5) is 0 Å². The van der Waals surface area contributed by atoms with Crippen LogP contribution < -0.4 is 0 Å². The summed E-state index contributed by atoms with van der Waals surface area (Å²) in [7, 11) is 0. The first-order chi connectivity index (χ1) is 25.3. The summed E-state index contributed by atoms with van der Waals surface area (Å²) in [6, 6.07) is 60.3. The monoisotopic (exact) mass is 668 g/mol. The summed E-state index contributed by atoms with van der Waals surface area (Å²) < 4.78 is 7.60. The zero-order valence-corrected chi connectivity index (χ0v) is 28.7. The molecule has 10 aromatic rings. The van der Waals surface area contributed by atoms with Gasteiger partial charge in [0.2, 0.25) is 0 Å². The van der Waals surface area contributed by atoms with E-state index in [1.54, 1.807) is 0 Å². The van der Waals surface area contributed by atoms with Crippen molar-refractivity contribution >= 4 is 75.9 Å². The van der Waals surface area contributed by atoms with E-state index in [0.717, 1.165) is 12.8 Å². The standard InChI is InChI=1S/C48H32N2S/c1-2-11-31(12-3-1)32-13-10-14-35(27-32)49-43-18-7-4-15-37(43)41-28-33(21-25-45(41)49)34-22-26-46-42(29-34)38-16-5-8-19-44(38)50(46)36-23-24-40-39-17-6-9-20-47(39)51-48(40)30-36/h1-20,22-24,26-30H,21,25H2. The molecule has 0 saturated carbocycles. The highest BCUT2D eigenvalue weighted by molar-refractivity contribution is 7.25. The van der Waals surface area contributed by atoms with Crippen LogP contribution in [0.25, 0.3) is 87.0 Å². The smallest absolute Gasteiger partial charge is 0.0541 e. The van der Waals surface area contributed by atoms with Crippen LogP contribution >= 0.6 is 11.3 Å². The fourth-order valence-electron chi connectivity index (χ4n) is 8.51. The van der Waals surface area contributed by atoms with E-state index in [1.165, 1.54) is 97.8 Å². The van der Waals surface area contributed by atoms with Gasteiger partial charge in [0.25, 0.3) is 0 Å². The van der Waals surface area contributed by atoms with E-state index in [2.05, 4.69) is 179 Å². The second-order valence-electron chi connectivity index (χ2n) is 13.7. The van der Waals surface area contributed by atoms with Crippen LogP contribution in [-0.4, -0.2) is 9.13 Å². The van der Waals surface area contributed by atoms with Gasteiger partial charge in [-0.25, -0.2) is 0 Å². The molecule has 3 heterocycles. The molecule has 0 saturated heterocycles. The lowest BCUT2D eigenvalue weighted by Crippen LogP contribution is -2.05. The number of para-hydroxylation sites is 2. The zero-order valence-electron chi connectivity index (χ0n) is 27.9. The lowest BCUT2D eigenvalue weighted by atomic mass is 9.90. The molecular formula is C48H32N2S. The lowest BCUT2D eigenvalue weighted by molar-refractivity contribution is 0.898. The third-order valence-corrected chi connectivity index (χ3v) is 12.0. The minimum atomic E-state index is 0.986. The van der Waals surface area contributed by atoms with Crippen LogP contribution in [0, 0.1) is 0 Å². The molecule has 3 heteroatoms. The molecule has 51 heavy (non-hydrogen) atoms. The molecule has 1 aliphatic carbocycles. The summed E-state index contributed by atoms with van der Waals surface area (Å²) >= 11 is 1.88. The van der Waals surface area contributed by atoms with Gasteiger partial charge in [-0.15, -0.1) is 11.3 Å². The molecule has 0 spiro atoms. The first-order valence-electron chi connectivity index (χ1n) is 17.7. The van der Waals surface area contributed by atoms with E-state index in [-0.39, 0.29) is 0 Å². The van der Waals surface area contributed by atoms with Gasteiger partial charge >= 0.3 is 0 Å². The Kier molecular flexibility index (Phi) is 6.28. The summed E-state index contributed by atoms with van der Waals surface area (Å²) in [6.45, 7) is 0. The molecule has 0 bridgehead atoms. The largest absolute Gasteiger partial charge is 0.313 e. The summed E-state index contributed by atoms with van der Waals surface area (Å²) in [5, 5.41) is 6.56. The molecule has 11 rings (SSSR count). The van der Waals surface area contributed by atoms with Crippen molar-refractivity contribution in [3.8, 4) is 22.5 Å². The molecule has 0 atom stereocenters. The number of aromatic nitrogens is 2. The number of thiophene rings is 1. The number of hydrogen-bond donors (Lipinski definition) is 0. The second kappa shape index (κ2) is 11.2. The van der Waals surface area contributed by atoms with E-state index in [9.17, 15) is 0 Å². The number of nitrogens with zero attached hydrogens (tertiary/aromatic N) is 2. The predicted molar refractivity (Wildman–Crippen MR) is 219 cm³/mol. The highest BCUT2D eigenvalue weighted by atomic mass is 32.1. The van der Waals surface area contributed by atoms with Gasteiger partial charge in [-0.2, -0.15) is 0 Å². The molecule has 0 fully saturated rings. The Morgan fingerprint density at radius 2 is 1.08 bits per heavy atom. The SMILES string of the molecule is C1=C(c2ccc3c(c2)c2ccccc2n3-c2ccc3c(c2)sc2ccccc23)CCc2c1c1ccccc1n2-c1cccc(-c2ccccc2)c1. The average molecular weight is 669 g/mol. The van der Waals surface area contributed by atoms with E-state index in [0.29, 0.717) is 0 Å². The van der Waals surface area contributed by atoms with Crippen molar-refractivity contribution in [1.82, 2.24) is 9.13 Å². The van der Waals surface area contributed by atoms with Gasteiger partial charge in [-0.05, 0) is 95.8 Å². The molecule has 3 aromatic heterocycles. The highest BCUT2D eigenvalue weighted by Gasteiger charge is 2.23. The van der Waals surface area contributed by atoms with Crippen LogP contribution in [0.5, 0.6) is 0 Å². The summed E-state index contributed by atoms with van der Waals surface area (Å²) in [5.74, 6) is 0. The molecule has 0 radical (unpaired) electrons. The predicted octanol–water partition coefficient (Wildman–Crippen LogP) is 13.2. The maximum absolute atomic E-state index is 2.49. The molecule has 240 valence electrons. The van der Waals surface area contributed by atoms with Crippen LogP contribution in [-0.2, 0) is 6.42 Å². The Balaban J connectivity index is 1.05. The third kappa shape index (κ3) is 4.42. The molecular weight excluding hydrogens is 637 g/mol. The Morgan fingerprint density at radius 3 is 1.96 bits per heavy atom. The van der Waals surface area contributed by atoms with Crippen molar-refractivity contribution in [2.75, 3.05) is 0 Å². The van der Waals surface area contributed by atoms with Gasteiger partial charge in [0.05, 0.1) is 16.6 Å². The number of hydrogen-bond acceptors (Lipinski definition) is 1. The lowest BCUT2D eigenvalue weighted by Gasteiger charge is -2.18. The van der Waals surface area contributed by atoms with Gasteiger partial charge in [-0.3, -0.25) is 0 Å². The van der Waals surface area contributed by atoms with Crippen molar-refractivity contribution in [2.45, 2.75) is 12.8 Å². The zero-order chi connectivity index (χ0) is 33.5. The fraction of sp³-hybridized carbons (Fsp3) is 0.0417. The van der Waals surface area contributed by atoms with Crippen molar-refractivity contribution in [2.24, 2.45) is 0 Å². The maximum Gasteiger partial charge on any atom is 0.0541 e. The quantitative estimate of drug-likeness (QED) is 0.177. The Hall–Kier alpha value is -6.16. The normalized spacial score (nSPS) is 13.1. The van der Waals surface area contributed by atoms with E-state index >= 15 is 0 Å². The van der Waals surface area contributed by atoms with Crippen LogP contribution in [0.1, 0.15) is 23.2 Å². The van der Waals surface area contributed by atoms with Crippen LogP contribution in [0.15, 0.2) is 164 Å². The summed E-state index contributed by atoms with van der Waals surface area (Å²) in [4.78, 5) is 0. The topological polar surface area (TPSA) is 9.86 Å². The summed E-state index contributed by atoms with van der Waals surface area (Å²) in [6.07, 6.45) is 4.45. The average Bonchev–Trinajstić information content (AvgIpc) is 3.85. The van der Waals surface area contributed by atoms with E-state index in [4.69, 9.17) is 0 Å². The molecule has 2 nitrogen and oxygen atoms in total. The first-order valence-corrected chi connectivity index (χ1v) is 18.5. The van der Waals surface area contributed by atoms with E-state index in [1.807, 2.05) is 11.3 Å². The Labute approximate surface area is 299 Å². The molecule has 0 unspecified atom stereocenters. The fourth-order valence-corrected chi connectivity index (χ4v) is 9.65. The van der Waals surface area contributed by atoms with Gasteiger partial charge in [0, 0.05) is 59.0 Å². The highest BCUT2D eigenvalue weighted by Crippen LogP contribution is 2.42. The van der Waals surface area contributed by atoms with Crippen molar-refractivity contribution < 1.29 is 0 Å². The van der Waals surface area contributed by atoms with Crippen LogP contribution in [0.2, 0.25) is 0 Å². The van der Waals surface area contributed by atoms with Crippen molar-refractivity contribution in [1.29, 1.82) is 0 Å². The van der Waals surface area contributed by atoms with Gasteiger partial charge in [0.15, 0.2) is 0 Å². The van der Waals surface area contributed by atoms with Gasteiger partial charge < -0.3 is 9.13 Å². The third-order valence-electron chi connectivity index (χ3n) is 10.8. The first kappa shape index (κ1) is 28.7. The number of allylic oxidation sites excluding steroid dienone is 1. The molecule has 1 aliphatic rings. The number of benzene rings is 7. The maximum atomic E-state index is 2.49. The van der Waals surface area contributed by atoms with Crippen LogP contribution in [0.3, 0.4) is 0 Å². The minimum Gasteiger partial charge on any atom is -0.313 e. The van der Waals surface area contributed by atoms with Gasteiger partial charge in [0.1, 0.15) is 0 Å². The van der Waals surface area contributed by atoms with Crippen molar-refractivity contribution in [3.05, 3.63) is 181 Å². The molecule has 0 amide bonds. The summed E-state index contributed by atoms with van der Waals surface area (Å²) in [5.41, 5.74) is 14.1.